The maximum Gasteiger partial charge on any atom is 0.573 e. The summed E-state index contributed by atoms with van der Waals surface area (Å²) in [7, 11) is 3.02. The smallest absolute Gasteiger partial charge is 0.493 e. The Morgan fingerprint density at radius 1 is 1.06 bits per heavy atom. The first-order valence-electron chi connectivity index (χ1n) is 10.1. The molecule has 35 heavy (non-hydrogen) atoms. The topological polar surface area (TPSA) is 101 Å². The fourth-order valence-corrected chi connectivity index (χ4v) is 3.27. The average Bonchev–Trinajstić information content (AvgIpc) is 3.48. The number of ether oxygens (including phenoxy) is 3. The van der Waals surface area contributed by atoms with Gasteiger partial charge in [0.05, 0.1) is 14.2 Å². The van der Waals surface area contributed by atoms with Crippen LogP contribution in [0.25, 0.3) is 23.0 Å². The van der Waals surface area contributed by atoms with Crippen molar-refractivity contribution in [1.82, 2.24) is 14.7 Å². The Labute approximate surface area is 197 Å². The van der Waals surface area contributed by atoms with Crippen LogP contribution in [0.3, 0.4) is 0 Å². The summed E-state index contributed by atoms with van der Waals surface area (Å²) in [4.78, 5) is 16.9. The zero-order valence-corrected chi connectivity index (χ0v) is 18.5. The Kier molecular flexibility index (Phi) is 6.62. The number of amides is 1. The molecule has 9 nitrogen and oxygen atoms in total. The van der Waals surface area contributed by atoms with Gasteiger partial charge in [0.2, 0.25) is 11.7 Å². The van der Waals surface area contributed by atoms with Crippen molar-refractivity contribution in [1.29, 1.82) is 0 Å². The van der Waals surface area contributed by atoms with Crippen LogP contribution in [-0.4, -0.2) is 41.2 Å². The molecular weight excluding hydrogens is 469 g/mol. The van der Waals surface area contributed by atoms with E-state index in [1.54, 1.807) is 41.1 Å². The Balaban J connectivity index is 1.46. The van der Waals surface area contributed by atoms with Crippen molar-refractivity contribution in [3.8, 4) is 40.2 Å². The second-order valence-electron chi connectivity index (χ2n) is 7.13. The standard InChI is InChI=1S/C23H19F3N4O5/c1-32-18-10-7-15(12-19(18)33-2)27-20(31)13-30-11-3-4-17(30)22-28-21(29-35-22)14-5-8-16(9-6-14)34-23(24,25)26/h3-12H,13H2,1-2H3,(H,27,31). The quantitative estimate of drug-likeness (QED) is 0.382. The molecule has 0 radical (unpaired) electrons. The van der Waals surface area contributed by atoms with Crippen LogP contribution in [0.15, 0.2) is 65.3 Å². The number of nitrogens with one attached hydrogen (secondary N) is 1. The second-order valence-corrected chi connectivity index (χ2v) is 7.13. The lowest BCUT2D eigenvalue weighted by atomic mass is 10.2. The Morgan fingerprint density at radius 3 is 2.49 bits per heavy atom. The summed E-state index contributed by atoms with van der Waals surface area (Å²) in [5, 5.41) is 6.66. The van der Waals surface area contributed by atoms with Gasteiger partial charge in [-0.15, -0.1) is 13.2 Å². The van der Waals surface area contributed by atoms with Gasteiger partial charge in [0.15, 0.2) is 11.5 Å². The molecule has 0 spiro atoms. The lowest BCUT2D eigenvalue weighted by molar-refractivity contribution is -0.274. The molecular formula is C23H19F3N4O5. The minimum Gasteiger partial charge on any atom is -0.493 e. The Morgan fingerprint density at radius 2 is 1.80 bits per heavy atom. The average molecular weight is 488 g/mol. The SMILES string of the molecule is COc1ccc(NC(=O)Cn2cccc2-c2nc(-c3ccc(OC(F)(F)F)cc3)no2)cc1OC. The largest absolute Gasteiger partial charge is 0.573 e. The van der Waals surface area contributed by atoms with Crippen molar-refractivity contribution in [3.63, 3.8) is 0 Å². The summed E-state index contributed by atoms with van der Waals surface area (Å²) in [6.45, 7) is -0.0438. The molecule has 4 rings (SSSR count). The van der Waals surface area contributed by atoms with Crippen LogP contribution in [0, 0.1) is 0 Å². The van der Waals surface area contributed by atoms with Crippen LogP contribution in [0.1, 0.15) is 0 Å². The maximum absolute atomic E-state index is 12.6. The van der Waals surface area contributed by atoms with Crippen molar-refractivity contribution in [2.45, 2.75) is 12.9 Å². The van der Waals surface area contributed by atoms with Crippen LogP contribution in [0.5, 0.6) is 17.2 Å². The lowest BCUT2D eigenvalue weighted by Crippen LogP contribution is -2.18. The van der Waals surface area contributed by atoms with Gasteiger partial charge < -0.3 is 28.6 Å². The van der Waals surface area contributed by atoms with Crippen LogP contribution in [0.2, 0.25) is 0 Å². The number of methoxy groups -OCH3 is 2. The number of anilines is 1. The van der Waals surface area contributed by atoms with Gasteiger partial charge in [0, 0.05) is 23.5 Å². The van der Waals surface area contributed by atoms with E-state index < -0.39 is 6.36 Å². The summed E-state index contributed by atoms with van der Waals surface area (Å²) >= 11 is 0. The Hall–Kier alpha value is -4.48. The first-order valence-corrected chi connectivity index (χ1v) is 10.1. The minimum absolute atomic E-state index is 0.0438. The van der Waals surface area contributed by atoms with E-state index in [9.17, 15) is 18.0 Å². The van der Waals surface area contributed by atoms with Crippen LogP contribution >= 0.6 is 0 Å². The van der Waals surface area contributed by atoms with E-state index >= 15 is 0 Å². The monoisotopic (exact) mass is 488 g/mol. The fourth-order valence-electron chi connectivity index (χ4n) is 3.27. The fraction of sp³-hybridized carbons (Fsp3) is 0.174. The zero-order valence-electron chi connectivity index (χ0n) is 18.5. The van der Waals surface area contributed by atoms with Gasteiger partial charge >= 0.3 is 6.36 Å². The number of halogens is 3. The van der Waals surface area contributed by atoms with E-state index in [-0.39, 0.29) is 29.9 Å². The van der Waals surface area contributed by atoms with Crippen molar-refractivity contribution in [3.05, 3.63) is 60.8 Å². The molecule has 1 N–H and O–H groups in total. The molecule has 0 aliphatic rings. The summed E-state index contributed by atoms with van der Waals surface area (Å²) in [5.74, 6) is 0.644. The van der Waals surface area contributed by atoms with Gasteiger partial charge in [-0.2, -0.15) is 4.98 Å². The summed E-state index contributed by atoms with van der Waals surface area (Å²) in [6, 6.07) is 13.5. The summed E-state index contributed by atoms with van der Waals surface area (Å²) in [5.41, 5.74) is 1.45. The highest BCUT2D eigenvalue weighted by Crippen LogP contribution is 2.30. The highest BCUT2D eigenvalue weighted by atomic mass is 19.4. The summed E-state index contributed by atoms with van der Waals surface area (Å²) in [6.07, 6.45) is -3.10. The normalized spacial score (nSPS) is 11.2. The van der Waals surface area contributed by atoms with Crippen molar-refractivity contribution >= 4 is 11.6 Å². The predicted molar refractivity (Wildman–Crippen MR) is 118 cm³/mol. The maximum atomic E-state index is 12.6. The molecule has 4 aromatic rings. The molecule has 0 saturated heterocycles. The number of nitrogens with zero attached hydrogens (tertiary/aromatic N) is 3. The van der Waals surface area contributed by atoms with E-state index in [0.717, 1.165) is 12.1 Å². The number of aromatic nitrogens is 3. The van der Waals surface area contributed by atoms with Gasteiger partial charge in [-0.1, -0.05) is 5.16 Å². The van der Waals surface area contributed by atoms with Gasteiger partial charge in [0.1, 0.15) is 18.0 Å². The number of hydrogen-bond acceptors (Lipinski definition) is 7. The van der Waals surface area contributed by atoms with Gasteiger partial charge in [-0.05, 0) is 48.5 Å². The molecule has 12 heteroatoms. The molecule has 0 atom stereocenters. The molecule has 0 bridgehead atoms. The predicted octanol–water partition coefficient (Wildman–Crippen LogP) is 4.76. The molecule has 1 amide bonds. The molecule has 0 aliphatic heterocycles. The zero-order chi connectivity index (χ0) is 25.0. The van der Waals surface area contributed by atoms with E-state index in [2.05, 4.69) is 20.2 Å². The number of carbonyl (C=O) groups is 1. The minimum atomic E-state index is -4.78. The first kappa shape index (κ1) is 23.7. The number of hydrogen-bond donors (Lipinski definition) is 1. The Bertz CT molecular complexity index is 1320. The second kappa shape index (κ2) is 9.79. The highest BCUT2D eigenvalue weighted by Gasteiger charge is 2.31. The third-order valence-corrected chi connectivity index (χ3v) is 4.80. The number of benzene rings is 2. The van der Waals surface area contributed by atoms with Gasteiger partial charge in [-0.3, -0.25) is 4.79 Å². The third kappa shape index (κ3) is 5.72. The summed E-state index contributed by atoms with van der Waals surface area (Å²) < 4.78 is 58.2. The van der Waals surface area contributed by atoms with Crippen molar-refractivity contribution in [2.75, 3.05) is 19.5 Å². The molecule has 2 heterocycles. The number of carbonyl (C=O) groups excluding carboxylic acids is 1. The molecule has 2 aromatic carbocycles. The molecule has 0 saturated carbocycles. The van der Waals surface area contributed by atoms with Gasteiger partial charge in [-0.25, -0.2) is 0 Å². The highest BCUT2D eigenvalue weighted by molar-refractivity contribution is 5.91. The molecule has 0 fully saturated rings. The molecule has 0 unspecified atom stereocenters. The third-order valence-electron chi connectivity index (χ3n) is 4.80. The van der Waals surface area contributed by atoms with E-state index in [1.165, 1.54) is 26.4 Å². The molecule has 0 aliphatic carbocycles. The van der Waals surface area contributed by atoms with Gasteiger partial charge in [0.25, 0.3) is 5.89 Å². The molecule has 182 valence electrons. The van der Waals surface area contributed by atoms with Crippen molar-refractivity contribution < 1.29 is 36.7 Å². The molecule has 2 aromatic heterocycles. The van der Waals surface area contributed by atoms with Crippen molar-refractivity contribution in [2.24, 2.45) is 0 Å². The lowest BCUT2D eigenvalue weighted by Gasteiger charge is -2.11. The first-order chi connectivity index (χ1) is 16.8. The van der Waals surface area contributed by atoms with E-state index in [0.29, 0.717) is 28.4 Å². The van der Waals surface area contributed by atoms with E-state index in [4.69, 9.17) is 14.0 Å². The van der Waals surface area contributed by atoms with E-state index in [1.807, 2.05) is 0 Å². The van der Waals surface area contributed by atoms with Crippen LogP contribution < -0.4 is 19.5 Å². The number of alkyl halides is 3. The van der Waals surface area contributed by atoms with Crippen LogP contribution in [0.4, 0.5) is 18.9 Å². The number of rotatable bonds is 8. The van der Waals surface area contributed by atoms with Crippen LogP contribution in [-0.2, 0) is 11.3 Å².